The Bertz CT molecular complexity index is 291. The Morgan fingerprint density at radius 2 is 2.05 bits per heavy atom. The van der Waals surface area contributed by atoms with Crippen molar-refractivity contribution in [3.05, 3.63) is 0 Å². The third kappa shape index (κ3) is 8.21. The van der Waals surface area contributed by atoms with E-state index in [1.54, 1.807) is 0 Å². The highest BCUT2D eigenvalue weighted by atomic mass is 127. The van der Waals surface area contributed by atoms with Crippen molar-refractivity contribution in [2.24, 2.45) is 16.6 Å². The van der Waals surface area contributed by atoms with Crippen LogP contribution in [-0.4, -0.2) is 45.0 Å². The van der Waals surface area contributed by atoms with Gasteiger partial charge in [0.05, 0.1) is 13.2 Å². The van der Waals surface area contributed by atoms with E-state index in [-0.39, 0.29) is 24.0 Å². The van der Waals surface area contributed by atoms with Crippen LogP contribution in [-0.2, 0) is 9.47 Å². The van der Waals surface area contributed by atoms with Crippen LogP contribution >= 0.6 is 24.0 Å². The average molecular weight is 411 g/mol. The second-order valence-electron chi connectivity index (χ2n) is 5.90. The summed E-state index contributed by atoms with van der Waals surface area (Å²) >= 11 is 0. The Balaban J connectivity index is 0.00000220. The van der Waals surface area contributed by atoms with Crippen LogP contribution in [0.2, 0.25) is 0 Å². The minimum atomic E-state index is 0. The van der Waals surface area contributed by atoms with Crippen LogP contribution in [0.4, 0.5) is 0 Å². The molecule has 1 aliphatic carbocycles. The van der Waals surface area contributed by atoms with Gasteiger partial charge in [0.2, 0.25) is 0 Å². The van der Waals surface area contributed by atoms with Crippen LogP contribution in [0.15, 0.2) is 4.99 Å². The molecule has 0 aromatic carbocycles. The summed E-state index contributed by atoms with van der Waals surface area (Å²) < 4.78 is 11.0. The third-order valence-electron chi connectivity index (χ3n) is 4.06. The van der Waals surface area contributed by atoms with Gasteiger partial charge in [0.15, 0.2) is 5.96 Å². The summed E-state index contributed by atoms with van der Waals surface area (Å²) in [5, 5.41) is 3.32. The van der Waals surface area contributed by atoms with Gasteiger partial charge in [0, 0.05) is 31.7 Å². The van der Waals surface area contributed by atoms with Crippen molar-refractivity contribution in [1.29, 1.82) is 0 Å². The maximum atomic E-state index is 5.90. The van der Waals surface area contributed by atoms with Gasteiger partial charge >= 0.3 is 0 Å². The van der Waals surface area contributed by atoms with E-state index in [1.165, 1.54) is 32.1 Å². The Morgan fingerprint density at radius 1 is 1.24 bits per heavy atom. The largest absolute Gasteiger partial charge is 0.381 e. The van der Waals surface area contributed by atoms with Crippen LogP contribution in [0.3, 0.4) is 0 Å². The molecule has 1 unspecified atom stereocenters. The van der Waals surface area contributed by atoms with E-state index in [2.05, 4.69) is 10.3 Å². The topological polar surface area (TPSA) is 68.9 Å². The number of aliphatic imine (C=N–C) groups is 1. The van der Waals surface area contributed by atoms with E-state index in [1.807, 2.05) is 0 Å². The summed E-state index contributed by atoms with van der Waals surface area (Å²) in [6, 6.07) is 0.533. The van der Waals surface area contributed by atoms with E-state index in [0.717, 1.165) is 45.8 Å². The number of hydrogen-bond donors (Lipinski definition) is 2. The highest BCUT2D eigenvalue weighted by Crippen LogP contribution is 2.17. The first-order valence-corrected chi connectivity index (χ1v) is 8.06. The van der Waals surface area contributed by atoms with E-state index in [0.29, 0.717) is 17.9 Å². The summed E-state index contributed by atoms with van der Waals surface area (Å²) in [5.41, 5.74) is 5.90. The molecule has 0 radical (unpaired) electrons. The molecule has 0 bridgehead atoms. The Morgan fingerprint density at radius 3 is 2.76 bits per heavy atom. The highest BCUT2D eigenvalue weighted by molar-refractivity contribution is 14.0. The molecule has 0 amide bonds. The van der Waals surface area contributed by atoms with E-state index in [9.17, 15) is 0 Å². The van der Waals surface area contributed by atoms with Crippen molar-refractivity contribution in [2.45, 2.75) is 51.0 Å². The maximum absolute atomic E-state index is 5.90. The molecule has 2 aliphatic rings. The summed E-state index contributed by atoms with van der Waals surface area (Å²) in [6.45, 7) is 4.07. The number of guanidine groups is 1. The summed E-state index contributed by atoms with van der Waals surface area (Å²) in [4.78, 5) is 4.37. The number of rotatable bonds is 7. The van der Waals surface area contributed by atoms with Crippen molar-refractivity contribution in [3.8, 4) is 0 Å². The molecule has 2 fully saturated rings. The van der Waals surface area contributed by atoms with Crippen molar-refractivity contribution in [1.82, 2.24) is 5.32 Å². The van der Waals surface area contributed by atoms with Crippen molar-refractivity contribution >= 4 is 29.9 Å². The fraction of sp³-hybridized carbons (Fsp3) is 0.933. The number of nitrogens with zero attached hydrogens (tertiary/aromatic N) is 1. The zero-order valence-electron chi connectivity index (χ0n) is 12.9. The highest BCUT2D eigenvalue weighted by Gasteiger charge is 2.15. The molecule has 1 saturated carbocycles. The third-order valence-corrected chi connectivity index (χ3v) is 4.06. The lowest BCUT2D eigenvalue weighted by atomic mass is 9.96. The predicted molar refractivity (Wildman–Crippen MR) is 96.3 cm³/mol. The molecular formula is C15H30IN3O2. The van der Waals surface area contributed by atoms with Crippen molar-refractivity contribution < 1.29 is 9.47 Å². The normalized spacial score (nSPS) is 23.8. The molecule has 1 heterocycles. The fourth-order valence-corrected chi connectivity index (χ4v) is 2.83. The lowest BCUT2D eigenvalue weighted by molar-refractivity contribution is 0.0893. The number of ether oxygens (including phenoxy) is 2. The fourth-order valence-electron chi connectivity index (χ4n) is 2.83. The van der Waals surface area contributed by atoms with Crippen molar-refractivity contribution in [2.75, 3.05) is 33.0 Å². The maximum Gasteiger partial charge on any atom is 0.188 e. The monoisotopic (exact) mass is 411 g/mol. The number of nitrogens with two attached hydrogens (primary N) is 1. The van der Waals surface area contributed by atoms with Gasteiger partial charge < -0.3 is 20.5 Å². The average Bonchev–Trinajstić information content (AvgIpc) is 2.97. The standard InChI is InChI=1S/C15H29N3O2.HI/c16-15(18-14-5-2-1-3-6-14)17-8-4-9-19-11-13-7-10-20-12-13;/h13-14H,1-12H2,(H3,16,17,18);1H. The second-order valence-corrected chi connectivity index (χ2v) is 5.90. The Kier molecular flexibility index (Phi) is 10.4. The quantitative estimate of drug-likeness (QED) is 0.292. The summed E-state index contributed by atoms with van der Waals surface area (Å²) in [6.07, 6.45) is 8.49. The smallest absolute Gasteiger partial charge is 0.188 e. The molecule has 5 nitrogen and oxygen atoms in total. The van der Waals surface area contributed by atoms with Gasteiger partial charge in [-0.15, -0.1) is 24.0 Å². The van der Waals surface area contributed by atoms with E-state index in [4.69, 9.17) is 15.2 Å². The van der Waals surface area contributed by atoms with Crippen LogP contribution in [0.5, 0.6) is 0 Å². The summed E-state index contributed by atoms with van der Waals surface area (Å²) in [7, 11) is 0. The molecule has 124 valence electrons. The van der Waals surface area contributed by atoms with Gasteiger partial charge in [0.25, 0.3) is 0 Å². The lowest BCUT2D eigenvalue weighted by Gasteiger charge is -2.23. The number of nitrogens with one attached hydrogen (secondary N) is 1. The first-order valence-electron chi connectivity index (χ1n) is 8.06. The molecule has 2 rings (SSSR count). The van der Waals surface area contributed by atoms with Gasteiger partial charge in [-0.3, -0.25) is 4.99 Å². The molecule has 0 spiro atoms. The SMILES string of the molecule is I.NC(=NCCCOCC1CCOC1)NC1CCCCC1. The number of hydrogen-bond acceptors (Lipinski definition) is 3. The predicted octanol–water partition coefficient (Wildman–Crippen LogP) is 2.28. The number of halogens is 1. The van der Waals surface area contributed by atoms with E-state index >= 15 is 0 Å². The molecule has 1 atom stereocenters. The molecule has 6 heteroatoms. The van der Waals surface area contributed by atoms with Gasteiger partial charge in [-0.2, -0.15) is 0 Å². The Hall–Kier alpha value is -0.0800. The van der Waals surface area contributed by atoms with Gasteiger partial charge in [-0.05, 0) is 25.7 Å². The zero-order chi connectivity index (χ0) is 14.0. The minimum Gasteiger partial charge on any atom is -0.381 e. The van der Waals surface area contributed by atoms with Gasteiger partial charge in [-0.1, -0.05) is 19.3 Å². The molecule has 0 aromatic heterocycles. The minimum absolute atomic E-state index is 0. The van der Waals surface area contributed by atoms with Crippen LogP contribution in [0.25, 0.3) is 0 Å². The van der Waals surface area contributed by atoms with Crippen molar-refractivity contribution in [3.63, 3.8) is 0 Å². The molecule has 1 aliphatic heterocycles. The summed E-state index contributed by atoms with van der Waals surface area (Å²) in [5.74, 6) is 1.19. The second kappa shape index (κ2) is 11.5. The first-order chi connectivity index (χ1) is 9.84. The molecular weight excluding hydrogens is 381 g/mol. The Labute approximate surface area is 145 Å². The molecule has 1 saturated heterocycles. The first kappa shape index (κ1) is 19.0. The molecule has 0 aromatic rings. The molecule has 3 N–H and O–H groups in total. The molecule has 21 heavy (non-hydrogen) atoms. The van der Waals surface area contributed by atoms with Crippen LogP contribution in [0.1, 0.15) is 44.9 Å². The van der Waals surface area contributed by atoms with E-state index < -0.39 is 0 Å². The van der Waals surface area contributed by atoms with Gasteiger partial charge in [-0.25, -0.2) is 0 Å². The van der Waals surface area contributed by atoms with Gasteiger partial charge in [0.1, 0.15) is 0 Å². The zero-order valence-corrected chi connectivity index (χ0v) is 15.2. The van der Waals surface area contributed by atoms with Crippen LogP contribution in [0, 0.1) is 5.92 Å². The van der Waals surface area contributed by atoms with Crippen LogP contribution < -0.4 is 11.1 Å². The lowest BCUT2D eigenvalue weighted by Crippen LogP contribution is -2.41.